The number of alkyl halides is 5. The van der Waals surface area contributed by atoms with E-state index in [0.29, 0.717) is 6.07 Å². The van der Waals surface area contributed by atoms with Gasteiger partial charge in [-0.25, -0.2) is 0 Å². The molecular weight excluding hydrogens is 289 g/mol. The van der Waals surface area contributed by atoms with Crippen molar-refractivity contribution in [2.45, 2.75) is 12.1 Å². The summed E-state index contributed by atoms with van der Waals surface area (Å²) in [5.41, 5.74) is 5.50. The fourth-order valence-corrected chi connectivity index (χ4v) is 1.27. The van der Waals surface area contributed by atoms with Gasteiger partial charge in [0.25, 0.3) is 0 Å². The molecule has 0 fully saturated rings. The Bertz CT molecular complexity index is 498. The number of rotatable bonds is 3. The van der Waals surface area contributed by atoms with E-state index in [1.54, 1.807) is 0 Å². The van der Waals surface area contributed by atoms with E-state index in [-0.39, 0.29) is 5.11 Å². The summed E-state index contributed by atoms with van der Waals surface area (Å²) in [4.78, 5) is 0. The molecule has 3 N–H and O–H groups in total. The van der Waals surface area contributed by atoms with Crippen molar-refractivity contribution in [3.8, 4) is 0 Å². The molecule has 104 valence electrons. The topological polar surface area (TPSA) is 50.4 Å². The standard InChI is InChI=1S/C10H8F5N3S/c11-9(12,10(13,14)15)7-4-2-1-3-6(7)5-17-18-8(16)19/h1-5H,(H3,16,18,19). The maximum Gasteiger partial charge on any atom is 0.458 e. The summed E-state index contributed by atoms with van der Waals surface area (Å²) in [6, 6.07) is 4.13. The highest BCUT2D eigenvalue weighted by Crippen LogP contribution is 2.44. The Hall–Kier alpha value is -1.77. The van der Waals surface area contributed by atoms with Crippen molar-refractivity contribution in [1.29, 1.82) is 0 Å². The van der Waals surface area contributed by atoms with Crippen molar-refractivity contribution >= 4 is 23.5 Å². The average molecular weight is 297 g/mol. The van der Waals surface area contributed by atoms with Crippen LogP contribution in [0.25, 0.3) is 0 Å². The predicted octanol–water partition coefficient (Wildman–Crippen LogP) is 2.51. The number of thiocarbonyl (C=S) groups is 1. The molecule has 0 unspecified atom stereocenters. The van der Waals surface area contributed by atoms with Crippen molar-refractivity contribution in [2.24, 2.45) is 10.8 Å². The van der Waals surface area contributed by atoms with Crippen LogP contribution < -0.4 is 11.2 Å². The molecule has 19 heavy (non-hydrogen) atoms. The summed E-state index contributed by atoms with van der Waals surface area (Å²) in [7, 11) is 0. The molecule has 1 aromatic carbocycles. The molecular formula is C10H8F5N3S. The highest BCUT2D eigenvalue weighted by atomic mass is 32.1. The number of hydrogen-bond acceptors (Lipinski definition) is 2. The van der Waals surface area contributed by atoms with Crippen LogP contribution in [0.1, 0.15) is 11.1 Å². The summed E-state index contributed by atoms with van der Waals surface area (Å²) in [5.74, 6) is -4.97. The molecule has 0 aromatic heterocycles. The molecule has 0 spiro atoms. The van der Waals surface area contributed by atoms with Gasteiger partial charge in [-0.05, 0) is 12.2 Å². The second-order valence-electron chi connectivity index (χ2n) is 3.39. The number of nitrogens with one attached hydrogen (secondary N) is 1. The molecule has 9 heteroatoms. The first kappa shape index (κ1) is 15.3. The maximum atomic E-state index is 13.3. The van der Waals surface area contributed by atoms with Crippen molar-refractivity contribution in [3.63, 3.8) is 0 Å². The van der Waals surface area contributed by atoms with Crippen LogP contribution in [-0.4, -0.2) is 17.5 Å². The first-order chi connectivity index (χ1) is 8.66. The van der Waals surface area contributed by atoms with Crippen LogP contribution in [0.4, 0.5) is 22.0 Å². The van der Waals surface area contributed by atoms with E-state index in [0.717, 1.165) is 18.3 Å². The molecule has 0 radical (unpaired) electrons. The summed E-state index contributed by atoms with van der Waals surface area (Å²) in [5, 5.41) is 3.12. The number of nitrogens with two attached hydrogens (primary N) is 1. The second kappa shape index (κ2) is 5.47. The first-order valence-corrected chi connectivity index (χ1v) is 5.19. The molecule has 0 aliphatic carbocycles. The Balaban J connectivity index is 3.16. The van der Waals surface area contributed by atoms with Gasteiger partial charge in [0.05, 0.1) is 6.21 Å². The Kier molecular flexibility index (Phi) is 4.40. The van der Waals surface area contributed by atoms with Gasteiger partial charge in [-0.15, -0.1) is 0 Å². The Morgan fingerprint density at radius 3 is 2.32 bits per heavy atom. The van der Waals surface area contributed by atoms with Gasteiger partial charge in [0.1, 0.15) is 0 Å². The van der Waals surface area contributed by atoms with Crippen LogP contribution in [0.2, 0.25) is 0 Å². The summed E-state index contributed by atoms with van der Waals surface area (Å²) < 4.78 is 63.4. The van der Waals surface area contributed by atoms with E-state index >= 15 is 0 Å². The highest BCUT2D eigenvalue weighted by Gasteiger charge is 2.59. The zero-order chi connectivity index (χ0) is 14.7. The molecule has 0 bridgehead atoms. The molecule has 3 nitrogen and oxygen atoms in total. The lowest BCUT2D eigenvalue weighted by molar-refractivity contribution is -0.289. The molecule has 0 aliphatic rings. The minimum atomic E-state index is -5.69. The van der Waals surface area contributed by atoms with Crippen LogP contribution in [0.5, 0.6) is 0 Å². The SMILES string of the molecule is NC(=S)NN=Cc1ccccc1C(F)(F)C(F)(F)F. The minimum Gasteiger partial charge on any atom is -0.375 e. The van der Waals surface area contributed by atoms with Crippen LogP contribution in [0.15, 0.2) is 29.4 Å². The predicted molar refractivity (Wildman–Crippen MR) is 63.9 cm³/mol. The number of hydrazone groups is 1. The van der Waals surface area contributed by atoms with Crippen LogP contribution in [0, 0.1) is 0 Å². The van der Waals surface area contributed by atoms with Crippen molar-refractivity contribution in [2.75, 3.05) is 0 Å². The number of benzene rings is 1. The normalized spacial score (nSPS) is 12.7. The van der Waals surface area contributed by atoms with Gasteiger partial charge in [0.15, 0.2) is 5.11 Å². The number of nitrogens with zero attached hydrogens (tertiary/aromatic N) is 1. The Labute approximate surface area is 110 Å². The molecule has 0 heterocycles. The van der Waals surface area contributed by atoms with E-state index in [1.165, 1.54) is 6.07 Å². The third-order valence-electron chi connectivity index (χ3n) is 2.03. The minimum absolute atomic E-state index is 0.240. The van der Waals surface area contributed by atoms with E-state index in [2.05, 4.69) is 22.7 Å². The molecule has 1 rings (SSSR count). The lowest BCUT2D eigenvalue weighted by atomic mass is 10.0. The molecule has 0 amide bonds. The average Bonchev–Trinajstić information content (AvgIpc) is 2.27. The molecule has 1 aromatic rings. The van der Waals surface area contributed by atoms with E-state index in [9.17, 15) is 22.0 Å². The summed E-state index contributed by atoms with van der Waals surface area (Å²) >= 11 is 4.40. The molecule has 0 saturated heterocycles. The fraction of sp³-hybridized carbons (Fsp3) is 0.200. The van der Waals surface area contributed by atoms with E-state index < -0.39 is 23.2 Å². The van der Waals surface area contributed by atoms with Crippen LogP contribution in [-0.2, 0) is 5.92 Å². The van der Waals surface area contributed by atoms with Crippen LogP contribution in [0.3, 0.4) is 0 Å². The van der Waals surface area contributed by atoms with Crippen molar-refractivity contribution < 1.29 is 22.0 Å². The Morgan fingerprint density at radius 1 is 1.21 bits per heavy atom. The second-order valence-corrected chi connectivity index (χ2v) is 3.83. The highest BCUT2D eigenvalue weighted by molar-refractivity contribution is 7.80. The number of halogens is 5. The summed E-state index contributed by atoms with van der Waals surface area (Å²) in [6.45, 7) is 0. The van der Waals surface area contributed by atoms with E-state index in [1.807, 2.05) is 0 Å². The zero-order valence-corrected chi connectivity index (χ0v) is 10.0. The lowest BCUT2D eigenvalue weighted by Crippen LogP contribution is -2.34. The summed E-state index contributed by atoms with van der Waals surface area (Å²) in [6.07, 6.45) is -4.90. The fourth-order valence-electron chi connectivity index (χ4n) is 1.21. The third kappa shape index (κ3) is 3.60. The molecule has 0 atom stereocenters. The van der Waals surface area contributed by atoms with Crippen molar-refractivity contribution in [3.05, 3.63) is 35.4 Å². The van der Waals surface area contributed by atoms with Gasteiger partial charge >= 0.3 is 12.1 Å². The van der Waals surface area contributed by atoms with Gasteiger partial charge in [-0.3, -0.25) is 5.43 Å². The van der Waals surface area contributed by atoms with Gasteiger partial charge in [0, 0.05) is 11.1 Å². The molecule has 0 saturated carbocycles. The van der Waals surface area contributed by atoms with Crippen LogP contribution >= 0.6 is 12.2 Å². The van der Waals surface area contributed by atoms with Gasteiger partial charge < -0.3 is 5.73 Å². The van der Waals surface area contributed by atoms with Crippen molar-refractivity contribution in [1.82, 2.24) is 5.43 Å². The molecule has 0 aliphatic heterocycles. The zero-order valence-electron chi connectivity index (χ0n) is 9.21. The smallest absolute Gasteiger partial charge is 0.375 e. The number of hydrogen-bond donors (Lipinski definition) is 2. The van der Waals surface area contributed by atoms with Gasteiger partial charge in [0.2, 0.25) is 0 Å². The van der Waals surface area contributed by atoms with Gasteiger partial charge in [-0.2, -0.15) is 27.1 Å². The monoisotopic (exact) mass is 297 g/mol. The Morgan fingerprint density at radius 2 is 1.79 bits per heavy atom. The first-order valence-electron chi connectivity index (χ1n) is 4.79. The quantitative estimate of drug-likeness (QED) is 0.390. The van der Waals surface area contributed by atoms with E-state index in [4.69, 9.17) is 5.73 Å². The largest absolute Gasteiger partial charge is 0.458 e. The lowest BCUT2D eigenvalue weighted by Gasteiger charge is -2.21. The third-order valence-corrected chi connectivity index (χ3v) is 2.12. The van der Waals surface area contributed by atoms with Gasteiger partial charge in [-0.1, -0.05) is 24.3 Å². The maximum absolute atomic E-state index is 13.3.